The fourth-order valence-electron chi connectivity index (χ4n) is 5.66. The lowest BCUT2D eigenvalue weighted by atomic mass is 9.80. The Morgan fingerprint density at radius 3 is 2.49 bits per heavy atom. The molecule has 1 saturated heterocycles. The van der Waals surface area contributed by atoms with Gasteiger partial charge in [-0.15, -0.1) is 0 Å². The zero-order chi connectivity index (χ0) is 28.8. The summed E-state index contributed by atoms with van der Waals surface area (Å²) in [6, 6.07) is 13.2. The molecule has 3 unspecified atom stereocenters. The molecule has 1 fully saturated rings. The summed E-state index contributed by atoms with van der Waals surface area (Å²) in [6.45, 7) is 6.02. The lowest BCUT2D eigenvalue weighted by molar-refractivity contribution is -0.171. The van der Waals surface area contributed by atoms with Crippen molar-refractivity contribution >= 4 is 11.9 Å². The Bertz CT molecular complexity index is 1240. The summed E-state index contributed by atoms with van der Waals surface area (Å²) in [5.41, 5.74) is 2.53. The maximum absolute atomic E-state index is 13.7. The van der Waals surface area contributed by atoms with Crippen molar-refractivity contribution < 1.29 is 38.4 Å². The van der Waals surface area contributed by atoms with E-state index in [0.717, 1.165) is 42.3 Å². The molecule has 10 heteroatoms. The van der Waals surface area contributed by atoms with Gasteiger partial charge in [-0.1, -0.05) is 18.2 Å². The molecule has 0 spiro atoms. The van der Waals surface area contributed by atoms with Gasteiger partial charge in [-0.3, -0.25) is 9.69 Å². The lowest BCUT2D eigenvalue weighted by Gasteiger charge is -2.39. The molecule has 1 amide bonds. The van der Waals surface area contributed by atoms with Crippen LogP contribution in [0.1, 0.15) is 47.2 Å². The van der Waals surface area contributed by atoms with Crippen LogP contribution in [-0.2, 0) is 25.5 Å². The van der Waals surface area contributed by atoms with Crippen LogP contribution in [0, 0.1) is 5.92 Å². The monoisotopic (exact) mass is 566 g/mol. The molecule has 3 aliphatic rings. The molecule has 0 aliphatic carbocycles. The number of amides is 1. The van der Waals surface area contributed by atoms with Crippen molar-refractivity contribution in [2.75, 3.05) is 53.3 Å². The van der Waals surface area contributed by atoms with E-state index in [0.29, 0.717) is 38.1 Å². The predicted octanol–water partition coefficient (Wildman–Crippen LogP) is 3.30. The third-order valence-electron chi connectivity index (χ3n) is 7.84. The van der Waals surface area contributed by atoms with Crippen molar-refractivity contribution in [1.82, 2.24) is 9.80 Å². The quantitative estimate of drug-likeness (QED) is 0.434. The van der Waals surface area contributed by atoms with Gasteiger partial charge in [0.05, 0.1) is 12.7 Å². The summed E-state index contributed by atoms with van der Waals surface area (Å²) in [5, 5.41) is 9.54. The summed E-state index contributed by atoms with van der Waals surface area (Å²) in [6.07, 6.45) is 2.48. The van der Waals surface area contributed by atoms with Crippen LogP contribution in [0.25, 0.3) is 0 Å². The predicted molar refractivity (Wildman–Crippen MR) is 149 cm³/mol. The fourth-order valence-corrected chi connectivity index (χ4v) is 5.66. The number of hydrogen-bond acceptors (Lipinski definition) is 9. The molecular weight excluding hydrogens is 528 g/mol. The Balaban J connectivity index is 1.30. The highest BCUT2D eigenvalue weighted by Crippen LogP contribution is 2.40. The molecule has 0 saturated carbocycles. The van der Waals surface area contributed by atoms with Crippen molar-refractivity contribution in [3.05, 3.63) is 71.0 Å². The van der Waals surface area contributed by atoms with Gasteiger partial charge in [-0.05, 0) is 61.2 Å². The molecular formula is C31H38N2O8. The van der Waals surface area contributed by atoms with E-state index in [-0.39, 0.29) is 36.9 Å². The third-order valence-corrected chi connectivity index (χ3v) is 7.84. The highest BCUT2D eigenvalue weighted by atomic mass is 16.7. The van der Waals surface area contributed by atoms with Gasteiger partial charge in [0.1, 0.15) is 0 Å². The number of ether oxygens (including phenoxy) is 5. The average Bonchev–Trinajstić information content (AvgIpc) is 3.48. The highest BCUT2D eigenvalue weighted by molar-refractivity contribution is 5.92. The molecule has 0 bridgehead atoms. The average molecular weight is 567 g/mol. The van der Waals surface area contributed by atoms with E-state index in [1.54, 1.807) is 12.1 Å². The Morgan fingerprint density at radius 2 is 1.78 bits per heavy atom. The Kier molecular flexibility index (Phi) is 9.43. The van der Waals surface area contributed by atoms with Gasteiger partial charge in [0.25, 0.3) is 5.91 Å². The van der Waals surface area contributed by atoms with Gasteiger partial charge in [0.2, 0.25) is 13.1 Å². The van der Waals surface area contributed by atoms with Gasteiger partial charge < -0.3 is 33.7 Å². The molecule has 3 atom stereocenters. The van der Waals surface area contributed by atoms with Crippen LogP contribution in [0.5, 0.6) is 11.5 Å². The van der Waals surface area contributed by atoms with Crippen LogP contribution in [0.2, 0.25) is 0 Å². The summed E-state index contributed by atoms with van der Waals surface area (Å²) in [4.78, 5) is 29.8. The smallest absolute Gasteiger partial charge is 0.337 e. The highest BCUT2D eigenvalue weighted by Gasteiger charge is 2.39. The minimum absolute atomic E-state index is 0.0510. The van der Waals surface area contributed by atoms with Crippen molar-refractivity contribution in [3.63, 3.8) is 0 Å². The Morgan fingerprint density at radius 1 is 1.02 bits per heavy atom. The first-order valence-corrected chi connectivity index (χ1v) is 14.2. The number of rotatable bonds is 10. The third kappa shape index (κ3) is 6.66. The van der Waals surface area contributed by atoms with Crippen LogP contribution < -0.4 is 9.47 Å². The van der Waals surface area contributed by atoms with Gasteiger partial charge in [-0.2, -0.15) is 0 Å². The number of piperazine rings is 1. The number of nitrogens with zero attached hydrogens (tertiary/aromatic N) is 2. The van der Waals surface area contributed by atoms with Crippen LogP contribution in [0.4, 0.5) is 0 Å². The van der Waals surface area contributed by atoms with Crippen molar-refractivity contribution in [2.45, 2.75) is 38.5 Å². The number of aliphatic hydroxyl groups is 1. The summed E-state index contributed by atoms with van der Waals surface area (Å²) in [5.74, 6) is 0.951. The molecule has 220 valence electrons. The van der Waals surface area contributed by atoms with E-state index < -0.39 is 12.3 Å². The van der Waals surface area contributed by atoms with E-state index in [9.17, 15) is 14.7 Å². The number of esters is 1. The number of carbonyl (C=O) groups is 2. The normalized spacial score (nSPS) is 22.2. The number of carbonyl (C=O) groups excluding carboxylic acids is 2. The topological polar surface area (TPSA) is 107 Å². The second kappa shape index (κ2) is 13.4. The minimum Gasteiger partial charge on any atom is -0.465 e. The standard InChI is InChI=1S/C31H38N2O8/c1-3-38-31-24(5-4-16-34)25(22-7-9-23(10-8-22)30(36)37-2)18-28(41-31)29(35)33-14-12-32(13-15-33)19-21-6-11-26-27(17-21)40-20-39-26/h6-11,17-18,24-25,31,34H,3-5,12-16,19-20H2,1-2H3. The molecule has 0 aromatic heterocycles. The van der Waals surface area contributed by atoms with Gasteiger partial charge in [-0.25, -0.2) is 4.79 Å². The molecule has 2 aromatic rings. The largest absolute Gasteiger partial charge is 0.465 e. The van der Waals surface area contributed by atoms with Crippen molar-refractivity contribution in [1.29, 1.82) is 0 Å². The van der Waals surface area contributed by atoms with Crippen LogP contribution in [0.3, 0.4) is 0 Å². The van der Waals surface area contributed by atoms with Crippen LogP contribution in [-0.4, -0.2) is 86.4 Å². The first-order chi connectivity index (χ1) is 20.0. The Labute approximate surface area is 240 Å². The number of benzene rings is 2. The molecule has 5 rings (SSSR count). The summed E-state index contributed by atoms with van der Waals surface area (Å²) < 4.78 is 27.9. The fraction of sp³-hybridized carbons (Fsp3) is 0.484. The zero-order valence-electron chi connectivity index (χ0n) is 23.6. The maximum Gasteiger partial charge on any atom is 0.337 e. The van der Waals surface area contributed by atoms with E-state index in [1.165, 1.54) is 7.11 Å². The molecule has 3 aliphatic heterocycles. The van der Waals surface area contributed by atoms with Crippen molar-refractivity contribution in [3.8, 4) is 11.5 Å². The molecule has 10 nitrogen and oxygen atoms in total. The molecule has 0 radical (unpaired) electrons. The van der Waals surface area contributed by atoms with Gasteiger partial charge in [0, 0.05) is 57.8 Å². The second-order valence-electron chi connectivity index (χ2n) is 10.4. The molecule has 2 aromatic carbocycles. The maximum atomic E-state index is 13.7. The number of aliphatic hydroxyl groups excluding tert-OH is 1. The van der Waals surface area contributed by atoms with E-state index in [1.807, 2.05) is 48.2 Å². The molecule has 1 N–H and O–H groups in total. The number of hydrogen-bond donors (Lipinski definition) is 1. The van der Waals surface area contributed by atoms with E-state index >= 15 is 0 Å². The van der Waals surface area contributed by atoms with E-state index in [4.69, 9.17) is 23.7 Å². The molecule has 41 heavy (non-hydrogen) atoms. The van der Waals surface area contributed by atoms with Gasteiger partial charge in [0.15, 0.2) is 17.3 Å². The molecule has 3 heterocycles. The minimum atomic E-state index is -0.631. The van der Waals surface area contributed by atoms with Gasteiger partial charge >= 0.3 is 5.97 Å². The Hall–Kier alpha value is -3.60. The summed E-state index contributed by atoms with van der Waals surface area (Å²) >= 11 is 0. The van der Waals surface area contributed by atoms with Crippen LogP contribution in [0.15, 0.2) is 54.3 Å². The number of fused-ring (bicyclic) bond motifs is 1. The second-order valence-corrected chi connectivity index (χ2v) is 10.4. The van der Waals surface area contributed by atoms with Crippen molar-refractivity contribution in [2.24, 2.45) is 5.92 Å². The number of allylic oxidation sites excluding steroid dienone is 1. The zero-order valence-corrected chi connectivity index (χ0v) is 23.6. The lowest BCUT2D eigenvalue weighted by Crippen LogP contribution is -2.49. The number of methoxy groups -OCH3 is 1. The first kappa shape index (κ1) is 28.9. The van der Waals surface area contributed by atoms with E-state index in [2.05, 4.69) is 4.90 Å². The van der Waals surface area contributed by atoms with Crippen LogP contribution >= 0.6 is 0 Å². The SMILES string of the molecule is CCOC1OC(C(=O)N2CCN(Cc3ccc4c(c3)OCO4)CC2)=CC(c2ccc(C(=O)OC)cc2)C1CCCO. The summed E-state index contributed by atoms with van der Waals surface area (Å²) in [7, 11) is 1.35. The first-order valence-electron chi connectivity index (χ1n) is 14.2.